The van der Waals surface area contributed by atoms with Gasteiger partial charge in [-0.25, -0.2) is 0 Å². The molecule has 0 unspecified atom stereocenters. The fraction of sp³-hybridized carbons (Fsp3) is 0.450. The van der Waals surface area contributed by atoms with E-state index in [4.69, 9.17) is 0 Å². The molecule has 1 aliphatic heterocycles. The Labute approximate surface area is 201 Å². The number of ether oxygens (including phenoxy) is 1. The summed E-state index contributed by atoms with van der Waals surface area (Å²) in [4.78, 5) is 20.8. The van der Waals surface area contributed by atoms with Gasteiger partial charge in [-0.05, 0) is 31.0 Å². The van der Waals surface area contributed by atoms with Gasteiger partial charge in [-0.15, -0.1) is 37.1 Å². The van der Waals surface area contributed by atoms with E-state index >= 15 is 0 Å². The van der Waals surface area contributed by atoms with Crippen molar-refractivity contribution in [3.63, 3.8) is 0 Å². The van der Waals surface area contributed by atoms with Crippen LogP contribution in [0.1, 0.15) is 12.5 Å². The molecule has 1 N–H and O–H groups in total. The summed E-state index contributed by atoms with van der Waals surface area (Å²) in [5, 5.41) is 7.31. The molecule has 1 aromatic carbocycles. The van der Waals surface area contributed by atoms with Gasteiger partial charge in [0.1, 0.15) is 12.3 Å². The van der Waals surface area contributed by atoms with Crippen molar-refractivity contribution in [2.75, 3.05) is 37.6 Å². The maximum atomic E-state index is 12.6. The minimum Gasteiger partial charge on any atom is -0.406 e. The van der Waals surface area contributed by atoms with E-state index in [9.17, 15) is 18.0 Å². The van der Waals surface area contributed by atoms with Crippen LogP contribution in [0, 0.1) is 0 Å². The number of aliphatic imine (C=N–C) groups is 1. The van der Waals surface area contributed by atoms with Gasteiger partial charge < -0.3 is 19.9 Å². The van der Waals surface area contributed by atoms with Crippen LogP contribution in [0.2, 0.25) is 0 Å². The number of hydrogen-bond acceptors (Lipinski definition) is 4. The highest BCUT2D eigenvalue weighted by atomic mass is 127. The minimum atomic E-state index is -4.70. The van der Waals surface area contributed by atoms with Gasteiger partial charge in [-0.2, -0.15) is 5.10 Å². The van der Waals surface area contributed by atoms with E-state index in [1.807, 2.05) is 11.8 Å². The topological polar surface area (TPSA) is 75.0 Å². The van der Waals surface area contributed by atoms with Crippen molar-refractivity contribution in [2.45, 2.75) is 19.7 Å². The molecule has 12 heteroatoms. The molecule has 2 heterocycles. The number of piperazine rings is 1. The molecule has 0 spiro atoms. The molecule has 32 heavy (non-hydrogen) atoms. The Morgan fingerprint density at radius 3 is 2.53 bits per heavy atom. The van der Waals surface area contributed by atoms with E-state index in [2.05, 4.69) is 20.1 Å². The van der Waals surface area contributed by atoms with Crippen LogP contribution < -0.4 is 15.0 Å². The van der Waals surface area contributed by atoms with E-state index < -0.39 is 6.36 Å². The van der Waals surface area contributed by atoms with Crippen LogP contribution in [-0.2, 0) is 18.3 Å². The Hall–Kier alpha value is -2.51. The highest BCUT2D eigenvalue weighted by Crippen LogP contribution is 2.23. The summed E-state index contributed by atoms with van der Waals surface area (Å²) in [6, 6.07) is 5.74. The van der Waals surface area contributed by atoms with Crippen LogP contribution in [0.5, 0.6) is 5.75 Å². The van der Waals surface area contributed by atoms with Crippen molar-refractivity contribution in [3.8, 4) is 5.75 Å². The Bertz CT molecular complexity index is 917. The van der Waals surface area contributed by atoms with Crippen LogP contribution in [0.4, 0.5) is 18.9 Å². The Morgan fingerprint density at radius 2 is 1.97 bits per heavy atom. The second-order valence-corrected chi connectivity index (χ2v) is 7.02. The van der Waals surface area contributed by atoms with Gasteiger partial charge in [0.15, 0.2) is 5.96 Å². The Balaban J connectivity index is 0.00000363. The molecule has 1 aromatic heterocycles. The predicted molar refractivity (Wildman–Crippen MR) is 125 cm³/mol. The monoisotopic (exact) mass is 566 g/mol. The molecular weight excluding hydrogens is 540 g/mol. The highest BCUT2D eigenvalue weighted by Gasteiger charge is 2.31. The molecule has 176 valence electrons. The summed E-state index contributed by atoms with van der Waals surface area (Å²) in [5.74, 6) is 0.349. The number of guanidine groups is 1. The number of anilines is 1. The van der Waals surface area contributed by atoms with Gasteiger partial charge >= 0.3 is 6.36 Å². The molecule has 1 aliphatic rings. The minimum absolute atomic E-state index is 0. The summed E-state index contributed by atoms with van der Waals surface area (Å²) < 4.78 is 42.3. The lowest BCUT2D eigenvalue weighted by Crippen LogP contribution is -2.55. The smallest absolute Gasteiger partial charge is 0.406 e. The molecule has 0 saturated carbocycles. The number of carbonyl (C=O) groups is 1. The summed E-state index contributed by atoms with van der Waals surface area (Å²) in [5.41, 5.74) is 1.61. The SMILES string of the molecule is CCNC(=NCCc1ccc(OC(F)(F)F)cc1)N1CCN(c2cnn(C)c2)C(=O)C1.I. The van der Waals surface area contributed by atoms with Crippen molar-refractivity contribution in [1.29, 1.82) is 0 Å². The maximum Gasteiger partial charge on any atom is 0.573 e. The second kappa shape index (κ2) is 11.4. The number of halogens is 4. The lowest BCUT2D eigenvalue weighted by atomic mass is 10.1. The van der Waals surface area contributed by atoms with Gasteiger partial charge in [0, 0.05) is 39.4 Å². The van der Waals surface area contributed by atoms with Gasteiger partial charge in [0.25, 0.3) is 0 Å². The average Bonchev–Trinajstić information content (AvgIpc) is 3.13. The van der Waals surface area contributed by atoms with Crippen LogP contribution in [-0.4, -0.2) is 65.6 Å². The number of nitrogens with one attached hydrogen (secondary N) is 1. The molecule has 0 radical (unpaired) electrons. The second-order valence-electron chi connectivity index (χ2n) is 7.02. The number of hydrogen-bond donors (Lipinski definition) is 1. The first-order valence-corrected chi connectivity index (χ1v) is 9.92. The maximum absolute atomic E-state index is 12.6. The summed E-state index contributed by atoms with van der Waals surface area (Å²) in [6.45, 7) is 4.37. The normalized spacial score (nSPS) is 14.9. The van der Waals surface area contributed by atoms with Gasteiger partial charge in [0.05, 0.1) is 11.9 Å². The number of aryl methyl sites for hydroxylation is 1. The van der Waals surface area contributed by atoms with E-state index in [0.29, 0.717) is 38.6 Å². The average molecular weight is 566 g/mol. The number of alkyl halides is 3. The zero-order valence-corrected chi connectivity index (χ0v) is 20.1. The van der Waals surface area contributed by atoms with Crippen LogP contribution in [0.25, 0.3) is 0 Å². The van der Waals surface area contributed by atoms with Crippen molar-refractivity contribution in [2.24, 2.45) is 12.0 Å². The molecule has 0 bridgehead atoms. The fourth-order valence-corrected chi connectivity index (χ4v) is 3.25. The highest BCUT2D eigenvalue weighted by molar-refractivity contribution is 14.0. The molecular formula is C20H26F3IN6O2. The molecule has 8 nitrogen and oxygen atoms in total. The first kappa shape index (κ1) is 25.7. The van der Waals surface area contributed by atoms with Crippen LogP contribution in [0.15, 0.2) is 41.7 Å². The molecule has 2 aromatic rings. The number of nitrogens with zero attached hydrogens (tertiary/aromatic N) is 5. The summed E-state index contributed by atoms with van der Waals surface area (Å²) >= 11 is 0. The molecule has 3 rings (SSSR count). The lowest BCUT2D eigenvalue weighted by Gasteiger charge is -2.35. The standard InChI is InChI=1S/C20H25F3N6O2.HI/c1-3-24-19(25-9-8-15-4-6-17(7-5-15)31-20(21,22)23)28-10-11-29(18(30)14-28)16-12-26-27(2)13-16;/h4-7,12-13H,3,8-11,14H2,1-2H3,(H,24,25);1H. The van der Waals surface area contributed by atoms with Gasteiger partial charge in [-0.3, -0.25) is 14.5 Å². The third-order valence-corrected chi connectivity index (χ3v) is 4.68. The Kier molecular flexibility index (Phi) is 9.16. The van der Waals surface area contributed by atoms with Crippen LogP contribution >= 0.6 is 24.0 Å². The largest absolute Gasteiger partial charge is 0.573 e. The first-order valence-electron chi connectivity index (χ1n) is 9.92. The molecule has 0 aliphatic carbocycles. The zero-order chi connectivity index (χ0) is 22.4. The van der Waals surface area contributed by atoms with E-state index in [1.54, 1.807) is 41.2 Å². The zero-order valence-electron chi connectivity index (χ0n) is 17.8. The summed E-state index contributed by atoms with van der Waals surface area (Å²) in [6.07, 6.45) is -0.689. The molecule has 1 amide bonds. The third kappa shape index (κ3) is 7.28. The molecule has 0 atom stereocenters. The van der Waals surface area contributed by atoms with E-state index in [-0.39, 0.29) is 42.2 Å². The van der Waals surface area contributed by atoms with Crippen molar-refractivity contribution in [1.82, 2.24) is 20.0 Å². The van der Waals surface area contributed by atoms with Gasteiger partial charge in [0.2, 0.25) is 5.91 Å². The number of carbonyl (C=O) groups excluding carboxylic acids is 1. The number of rotatable bonds is 6. The molecule has 1 saturated heterocycles. The fourth-order valence-electron chi connectivity index (χ4n) is 3.25. The first-order chi connectivity index (χ1) is 14.7. The number of benzene rings is 1. The van der Waals surface area contributed by atoms with Gasteiger partial charge in [-0.1, -0.05) is 12.1 Å². The van der Waals surface area contributed by atoms with Crippen molar-refractivity contribution >= 4 is 41.5 Å². The Morgan fingerprint density at radius 1 is 1.25 bits per heavy atom. The van der Waals surface area contributed by atoms with Crippen LogP contribution in [0.3, 0.4) is 0 Å². The summed E-state index contributed by atoms with van der Waals surface area (Å²) in [7, 11) is 1.80. The van der Waals surface area contributed by atoms with E-state index in [0.717, 1.165) is 11.3 Å². The quantitative estimate of drug-likeness (QED) is 0.331. The van der Waals surface area contributed by atoms with Crippen molar-refractivity contribution < 1.29 is 22.7 Å². The number of aromatic nitrogens is 2. The third-order valence-electron chi connectivity index (χ3n) is 4.68. The number of amides is 1. The van der Waals surface area contributed by atoms with E-state index in [1.165, 1.54) is 12.1 Å². The van der Waals surface area contributed by atoms with Crippen molar-refractivity contribution in [3.05, 3.63) is 42.2 Å². The lowest BCUT2D eigenvalue weighted by molar-refractivity contribution is -0.274. The predicted octanol–water partition coefficient (Wildman–Crippen LogP) is 2.79. The molecule has 1 fully saturated rings.